The molecule has 0 bridgehead atoms. The zero-order chi connectivity index (χ0) is 23.5. The number of piperidine rings is 1. The van der Waals surface area contributed by atoms with Crippen LogP contribution in [-0.2, 0) is 27.5 Å². The minimum Gasteiger partial charge on any atom is -0.398 e. The molecule has 2 aliphatic rings. The van der Waals surface area contributed by atoms with Gasteiger partial charge in [-0.3, -0.25) is 19.7 Å². The first-order valence-corrected chi connectivity index (χ1v) is 10.6. The van der Waals surface area contributed by atoms with Crippen molar-refractivity contribution in [2.24, 2.45) is 10.7 Å². The van der Waals surface area contributed by atoms with E-state index in [1.807, 2.05) is 25.1 Å². The molecule has 2 aliphatic heterocycles. The molecular formula is C24H25N5O4. The lowest BCUT2D eigenvalue weighted by Crippen LogP contribution is -2.52. The average Bonchev–Trinajstić information content (AvgIpc) is 3.11. The largest absolute Gasteiger partial charge is 0.398 e. The summed E-state index contributed by atoms with van der Waals surface area (Å²) >= 11 is 0. The van der Waals surface area contributed by atoms with E-state index in [1.54, 1.807) is 31.5 Å². The molecule has 1 fully saturated rings. The second-order valence-electron chi connectivity index (χ2n) is 8.05. The van der Waals surface area contributed by atoms with E-state index in [4.69, 9.17) is 10.5 Å². The number of nitrogens with two attached hydrogens (primary N) is 1. The Hall–Kier alpha value is -3.85. The number of fused-ring (bicyclic) bond motifs is 1. The highest BCUT2D eigenvalue weighted by molar-refractivity contribution is 6.05. The number of ether oxygens (including phenoxy) is 1. The number of pyridine rings is 1. The van der Waals surface area contributed by atoms with Crippen LogP contribution in [0.4, 0.5) is 5.82 Å². The fourth-order valence-electron chi connectivity index (χ4n) is 3.95. The van der Waals surface area contributed by atoms with Gasteiger partial charge in [-0.2, -0.15) is 0 Å². The summed E-state index contributed by atoms with van der Waals surface area (Å²) in [6.07, 6.45) is 3.82. The Balaban J connectivity index is 1.50. The number of imide groups is 1. The van der Waals surface area contributed by atoms with Gasteiger partial charge >= 0.3 is 0 Å². The number of rotatable bonds is 6. The molecule has 3 heterocycles. The van der Waals surface area contributed by atoms with Crippen molar-refractivity contribution in [2.75, 3.05) is 7.11 Å². The number of carbonyl (C=O) groups excluding carboxylic acids is 3. The molecule has 33 heavy (non-hydrogen) atoms. The molecule has 1 atom stereocenters. The Bertz CT molecular complexity index is 1190. The number of nitrogens with zero attached hydrogens (tertiary/aromatic N) is 3. The van der Waals surface area contributed by atoms with Crippen LogP contribution in [0.5, 0.6) is 0 Å². The first-order valence-electron chi connectivity index (χ1n) is 10.6. The van der Waals surface area contributed by atoms with Crippen LogP contribution in [0.1, 0.15) is 45.6 Å². The predicted octanol–water partition coefficient (Wildman–Crippen LogP) is 2.00. The fraction of sp³-hybridized carbons (Fsp3) is 0.292. The van der Waals surface area contributed by atoms with E-state index in [9.17, 15) is 14.4 Å². The first-order chi connectivity index (χ1) is 15.9. The summed E-state index contributed by atoms with van der Waals surface area (Å²) in [5.74, 6) is -0.361. The Morgan fingerprint density at radius 2 is 2.12 bits per heavy atom. The minimum absolute atomic E-state index is 0.215. The lowest BCUT2D eigenvalue weighted by atomic mass is 10.0. The van der Waals surface area contributed by atoms with Crippen molar-refractivity contribution in [1.29, 1.82) is 0 Å². The van der Waals surface area contributed by atoms with E-state index in [-0.39, 0.29) is 18.2 Å². The SMILES string of the molecule is COCc1ccc(C)c(/N=C/C=C(\N)c2ccc3c(c2)CN(C2CCC(=O)NC2=O)C3=O)n1. The third-order valence-corrected chi connectivity index (χ3v) is 5.73. The average molecular weight is 447 g/mol. The number of aryl methyl sites for hydroxylation is 1. The maximum Gasteiger partial charge on any atom is 0.255 e. The quantitative estimate of drug-likeness (QED) is 0.515. The molecule has 170 valence electrons. The summed E-state index contributed by atoms with van der Waals surface area (Å²) in [7, 11) is 1.61. The van der Waals surface area contributed by atoms with Gasteiger partial charge in [-0.05, 0) is 54.3 Å². The summed E-state index contributed by atoms with van der Waals surface area (Å²) < 4.78 is 5.11. The number of nitrogens with one attached hydrogen (secondary N) is 1. The first kappa shape index (κ1) is 22.3. The number of benzene rings is 1. The van der Waals surface area contributed by atoms with Crippen molar-refractivity contribution < 1.29 is 19.1 Å². The summed E-state index contributed by atoms with van der Waals surface area (Å²) in [6, 6.07) is 8.53. The van der Waals surface area contributed by atoms with Crippen LogP contribution < -0.4 is 11.1 Å². The molecule has 3 N–H and O–H groups in total. The number of amides is 3. The summed E-state index contributed by atoms with van der Waals surface area (Å²) in [4.78, 5) is 46.8. The number of aliphatic imine (C=N–C) groups is 1. The van der Waals surface area contributed by atoms with Gasteiger partial charge in [0.15, 0.2) is 5.82 Å². The molecule has 2 aromatic rings. The van der Waals surface area contributed by atoms with Crippen LogP contribution in [0, 0.1) is 6.92 Å². The van der Waals surface area contributed by atoms with Gasteiger partial charge in [-0.1, -0.05) is 12.1 Å². The molecule has 0 spiro atoms. The van der Waals surface area contributed by atoms with E-state index in [2.05, 4.69) is 15.3 Å². The lowest BCUT2D eigenvalue weighted by molar-refractivity contribution is -0.136. The smallest absolute Gasteiger partial charge is 0.255 e. The highest BCUT2D eigenvalue weighted by Gasteiger charge is 2.39. The standard InChI is InChI=1S/C24H25N5O4/c1-14-3-5-17(13-33-2)27-22(14)26-10-9-19(25)15-4-6-18-16(11-15)12-29(24(18)32)20-7-8-21(30)28-23(20)31/h3-6,9-11,20H,7-8,12-13,25H2,1-2H3,(H,28,30,31)/b19-9-,26-10+. The third kappa shape index (κ3) is 4.68. The summed E-state index contributed by atoms with van der Waals surface area (Å²) in [5, 5.41) is 2.31. The van der Waals surface area contributed by atoms with Crippen molar-refractivity contribution in [3.8, 4) is 0 Å². The number of methoxy groups -OCH3 is 1. The minimum atomic E-state index is -0.643. The third-order valence-electron chi connectivity index (χ3n) is 5.73. The molecule has 0 saturated carbocycles. The van der Waals surface area contributed by atoms with Gasteiger partial charge in [0.05, 0.1) is 12.3 Å². The van der Waals surface area contributed by atoms with Gasteiger partial charge in [0.2, 0.25) is 11.8 Å². The molecule has 3 amide bonds. The van der Waals surface area contributed by atoms with Crippen LogP contribution in [-0.4, -0.2) is 47.0 Å². The van der Waals surface area contributed by atoms with Crippen molar-refractivity contribution in [1.82, 2.24) is 15.2 Å². The molecule has 0 radical (unpaired) electrons. The molecule has 9 nitrogen and oxygen atoms in total. The van der Waals surface area contributed by atoms with Gasteiger partial charge in [0, 0.05) is 37.6 Å². The highest BCUT2D eigenvalue weighted by atomic mass is 16.5. The number of allylic oxidation sites excluding steroid dienone is 1. The van der Waals surface area contributed by atoms with Gasteiger partial charge < -0.3 is 15.4 Å². The van der Waals surface area contributed by atoms with E-state index in [0.717, 1.165) is 22.4 Å². The number of hydrogen-bond acceptors (Lipinski definition) is 7. The van der Waals surface area contributed by atoms with E-state index < -0.39 is 11.9 Å². The number of hydrogen-bond donors (Lipinski definition) is 2. The Morgan fingerprint density at radius 3 is 2.88 bits per heavy atom. The van der Waals surface area contributed by atoms with Crippen LogP contribution >= 0.6 is 0 Å². The van der Waals surface area contributed by atoms with Crippen LogP contribution in [0.2, 0.25) is 0 Å². The Morgan fingerprint density at radius 1 is 1.30 bits per heavy atom. The molecule has 1 aromatic carbocycles. The lowest BCUT2D eigenvalue weighted by Gasteiger charge is -2.29. The van der Waals surface area contributed by atoms with Gasteiger partial charge in [0.1, 0.15) is 6.04 Å². The highest BCUT2D eigenvalue weighted by Crippen LogP contribution is 2.29. The summed E-state index contributed by atoms with van der Waals surface area (Å²) in [5.41, 5.74) is 10.5. The molecule has 1 unspecified atom stereocenters. The van der Waals surface area contributed by atoms with E-state index in [0.29, 0.717) is 36.7 Å². The van der Waals surface area contributed by atoms with Gasteiger partial charge in [-0.15, -0.1) is 0 Å². The van der Waals surface area contributed by atoms with Crippen molar-refractivity contribution in [3.63, 3.8) is 0 Å². The zero-order valence-corrected chi connectivity index (χ0v) is 18.5. The number of carbonyl (C=O) groups is 3. The molecule has 9 heteroatoms. The van der Waals surface area contributed by atoms with Crippen molar-refractivity contribution >= 4 is 35.5 Å². The van der Waals surface area contributed by atoms with Gasteiger partial charge in [-0.25, -0.2) is 9.98 Å². The van der Waals surface area contributed by atoms with Gasteiger partial charge in [0.25, 0.3) is 5.91 Å². The maximum absolute atomic E-state index is 12.8. The molecule has 1 aromatic heterocycles. The second kappa shape index (κ2) is 9.33. The Kier molecular flexibility index (Phi) is 6.32. The van der Waals surface area contributed by atoms with Crippen molar-refractivity contribution in [2.45, 2.75) is 39.0 Å². The molecule has 4 rings (SSSR count). The van der Waals surface area contributed by atoms with Crippen LogP contribution in [0.15, 0.2) is 41.4 Å². The number of aromatic nitrogens is 1. The predicted molar refractivity (Wildman–Crippen MR) is 122 cm³/mol. The zero-order valence-electron chi connectivity index (χ0n) is 18.5. The Labute approximate surface area is 191 Å². The topological polar surface area (TPSA) is 127 Å². The second-order valence-corrected chi connectivity index (χ2v) is 8.05. The monoisotopic (exact) mass is 447 g/mol. The molecular weight excluding hydrogens is 422 g/mol. The molecule has 1 saturated heterocycles. The van der Waals surface area contributed by atoms with Crippen LogP contribution in [0.3, 0.4) is 0 Å². The summed E-state index contributed by atoms with van der Waals surface area (Å²) in [6.45, 7) is 2.63. The normalized spacial score (nSPS) is 18.7. The fourth-order valence-corrected chi connectivity index (χ4v) is 3.95. The van der Waals surface area contributed by atoms with Crippen LogP contribution in [0.25, 0.3) is 5.70 Å². The van der Waals surface area contributed by atoms with E-state index >= 15 is 0 Å². The maximum atomic E-state index is 12.8. The van der Waals surface area contributed by atoms with Crippen molar-refractivity contribution in [3.05, 3.63) is 64.4 Å². The van der Waals surface area contributed by atoms with E-state index in [1.165, 1.54) is 4.90 Å². The molecule has 0 aliphatic carbocycles.